The number of carbonyl (C=O) groups excluding carboxylic acids is 1. The van der Waals surface area contributed by atoms with Crippen molar-refractivity contribution >= 4 is 118 Å². The van der Waals surface area contributed by atoms with Crippen LogP contribution >= 0.6 is 105 Å². The van der Waals surface area contributed by atoms with Gasteiger partial charge in [0, 0.05) is 6.21 Å². The van der Waals surface area contributed by atoms with Gasteiger partial charge in [-0.05, 0) is 13.8 Å². The first-order valence-corrected chi connectivity index (χ1v) is 19.5. The second kappa shape index (κ2) is 36.0. The van der Waals surface area contributed by atoms with Gasteiger partial charge in [-0.3, -0.25) is 0 Å². The molecule has 0 heterocycles. The van der Waals surface area contributed by atoms with Crippen LogP contribution in [0.25, 0.3) is 0 Å². The predicted octanol–water partition coefficient (Wildman–Crippen LogP) is 4.62. The zero-order valence-corrected chi connectivity index (χ0v) is 19.8. The van der Waals surface area contributed by atoms with Crippen molar-refractivity contribution in [1.29, 1.82) is 0 Å². The first kappa shape index (κ1) is 26.0. The van der Waals surface area contributed by atoms with E-state index in [1.165, 1.54) is 15.6 Å². The van der Waals surface area contributed by atoms with Gasteiger partial charge in [-0.25, -0.2) is 0 Å². The standard InChI is InChI=1S/C2H6N2.C2H4O.CH2I2.3HI.V/c1-2-4-3;1-2-3;2-1-3;;;;/h2H,3H2,1H3;2H,1H3;1H2;3*1H;/q;;;;;;+3/p-3/b4-2-;;;;;;. The van der Waals surface area contributed by atoms with Crippen molar-refractivity contribution in [3.05, 3.63) is 0 Å². The van der Waals surface area contributed by atoms with Gasteiger partial charge in [0.25, 0.3) is 0 Å². The molecule has 0 spiro atoms. The molecule has 0 bridgehead atoms. The van der Waals surface area contributed by atoms with Crippen molar-refractivity contribution in [1.82, 2.24) is 0 Å². The number of nitrogens with two attached hydrogens (primary N) is 1. The number of carbonyl (C=O) groups is 1. The van der Waals surface area contributed by atoms with E-state index >= 15 is 0 Å². The molecule has 0 unspecified atom stereocenters. The van der Waals surface area contributed by atoms with E-state index in [4.69, 9.17) is 4.79 Å². The number of alkyl halides is 2. The van der Waals surface area contributed by atoms with Gasteiger partial charge >= 0.3 is 64.9 Å². The SMILES string of the molecule is C/C=N\N.CC=O.ICI.[I][V]([I])[I]. The molecule has 3 nitrogen and oxygen atoms in total. The van der Waals surface area contributed by atoms with Gasteiger partial charge < -0.3 is 10.6 Å². The van der Waals surface area contributed by atoms with E-state index in [0.717, 1.165) is 6.29 Å². The van der Waals surface area contributed by atoms with Crippen LogP contribution in [-0.2, 0) is 9.72 Å². The summed E-state index contributed by atoms with van der Waals surface area (Å²) in [5.74, 6) is 4.60. The zero-order chi connectivity index (χ0) is 12.4. The van der Waals surface area contributed by atoms with Crippen LogP contribution in [0.1, 0.15) is 13.8 Å². The first-order valence-electron chi connectivity index (χ1n) is 2.95. The molecule has 0 saturated heterocycles. The molecule has 0 aromatic rings. The van der Waals surface area contributed by atoms with Gasteiger partial charge in [-0.15, -0.1) is 0 Å². The summed E-state index contributed by atoms with van der Waals surface area (Å²) >= 11 is 11.9. The first-order chi connectivity index (χ1) is 6.47. The number of hydrazone groups is 1. The van der Waals surface area contributed by atoms with Crippen molar-refractivity contribution in [2.75, 3.05) is 2.43 Å². The molecule has 0 aromatic heterocycles. The summed E-state index contributed by atoms with van der Waals surface area (Å²) in [5.41, 5.74) is 0. The molecule has 9 heteroatoms. The van der Waals surface area contributed by atoms with Crippen LogP contribution in [0.5, 0.6) is 0 Å². The number of rotatable bonds is 0. The molecule has 14 heavy (non-hydrogen) atoms. The van der Waals surface area contributed by atoms with Gasteiger partial charge in [0.1, 0.15) is 6.29 Å². The number of hydrogen-bond donors (Lipinski definition) is 1. The number of nitrogens with zero attached hydrogens (tertiary/aromatic N) is 1. The molecule has 0 saturated carbocycles. The Labute approximate surface area is 151 Å². The van der Waals surface area contributed by atoms with E-state index in [1.807, 2.05) is 0 Å². The molecule has 0 aromatic carbocycles. The average molecular weight is 802 g/mol. The van der Waals surface area contributed by atoms with Crippen molar-refractivity contribution in [2.24, 2.45) is 10.9 Å². The van der Waals surface area contributed by atoms with Crippen LogP contribution in [0.15, 0.2) is 5.10 Å². The Bertz CT molecular complexity index is 99.4. The van der Waals surface area contributed by atoms with Gasteiger partial charge in [-0.1, -0.05) is 45.2 Å². The van der Waals surface area contributed by atoms with Crippen LogP contribution < -0.4 is 5.84 Å². The Morgan fingerprint density at radius 3 is 1.36 bits per heavy atom. The molecule has 0 radical (unpaired) electrons. The number of hydrogen-bond acceptors (Lipinski definition) is 3. The third-order valence-electron chi connectivity index (χ3n) is 0.149. The monoisotopic (exact) mass is 802 g/mol. The summed E-state index contributed by atoms with van der Waals surface area (Å²) in [7, 11) is 0. The summed E-state index contributed by atoms with van der Waals surface area (Å²) in [4.78, 5) is 8.53. The Morgan fingerprint density at radius 1 is 1.29 bits per heavy atom. The summed E-state index contributed by atoms with van der Waals surface area (Å²) in [6, 6.07) is 0. The maximum atomic E-state index is 8.81. The molecule has 0 aliphatic heterocycles. The minimum absolute atomic E-state index is 0.278. The number of aldehydes is 1. The normalized spacial score (nSPS) is 7.43. The van der Waals surface area contributed by atoms with Crippen LogP contribution in [0, 0.1) is 0 Å². The fourth-order valence-electron chi connectivity index (χ4n) is 0. The van der Waals surface area contributed by atoms with E-state index in [-0.39, 0.29) is 4.92 Å². The second-order valence-electron chi connectivity index (χ2n) is 0.936. The molecule has 0 fully saturated rings. The maximum absolute atomic E-state index is 8.81. The van der Waals surface area contributed by atoms with Gasteiger partial charge in [-0.2, -0.15) is 5.10 Å². The zero-order valence-electron chi connectivity index (χ0n) is 7.63. The number of halogens is 5. The van der Waals surface area contributed by atoms with Crippen molar-refractivity contribution in [3.63, 3.8) is 0 Å². The molecule has 0 rings (SSSR count). The van der Waals surface area contributed by atoms with Gasteiger partial charge in [0.2, 0.25) is 0 Å². The van der Waals surface area contributed by atoms with E-state index in [1.54, 1.807) is 6.92 Å². The Kier molecular flexibility index (Phi) is 66.9. The molecule has 0 aliphatic rings. The molecule has 88 valence electrons. The van der Waals surface area contributed by atoms with Crippen LogP contribution in [0.3, 0.4) is 0 Å². The van der Waals surface area contributed by atoms with E-state index in [2.05, 4.69) is 116 Å². The third kappa shape index (κ3) is 166. The molecular formula is C5H12I5N2OV. The van der Waals surface area contributed by atoms with Crippen molar-refractivity contribution < 1.29 is 9.72 Å². The van der Waals surface area contributed by atoms with E-state index in [0.29, 0.717) is 0 Å². The third-order valence-corrected chi connectivity index (χ3v) is 0.149. The Hall–Kier alpha value is 3.37. The van der Waals surface area contributed by atoms with Crippen LogP contribution in [-0.4, -0.2) is 14.9 Å². The summed E-state index contributed by atoms with van der Waals surface area (Å²) in [6.07, 6.45) is 2.28. The average Bonchev–Trinajstić information content (AvgIpc) is 2.06. The second-order valence-corrected chi connectivity index (χ2v) is 40.7. The summed E-state index contributed by atoms with van der Waals surface area (Å²) in [6.45, 7) is 3.21. The van der Waals surface area contributed by atoms with Crippen LogP contribution in [0.2, 0.25) is 0 Å². The minimum atomic E-state index is -0.278. The summed E-state index contributed by atoms with van der Waals surface area (Å²) < 4.78 is 1.19. The molecule has 0 amide bonds. The fourth-order valence-corrected chi connectivity index (χ4v) is 0. The molecular weight excluding hydrogens is 790 g/mol. The quantitative estimate of drug-likeness (QED) is 0.0972. The van der Waals surface area contributed by atoms with E-state index in [9.17, 15) is 0 Å². The Balaban J connectivity index is -0.0000000482. The van der Waals surface area contributed by atoms with Crippen molar-refractivity contribution in [3.8, 4) is 0 Å². The topological polar surface area (TPSA) is 55.4 Å². The molecule has 2 N–H and O–H groups in total. The van der Waals surface area contributed by atoms with E-state index < -0.39 is 0 Å². The molecule has 0 aliphatic carbocycles. The fraction of sp³-hybridized carbons (Fsp3) is 0.600. The van der Waals surface area contributed by atoms with Crippen molar-refractivity contribution in [2.45, 2.75) is 13.8 Å². The van der Waals surface area contributed by atoms with Gasteiger partial charge in [0.15, 0.2) is 0 Å². The molecule has 0 atom stereocenters. The predicted molar refractivity (Wildman–Crippen MR) is 105 cm³/mol. The van der Waals surface area contributed by atoms with Gasteiger partial charge in [0.05, 0.1) is 2.43 Å². The summed E-state index contributed by atoms with van der Waals surface area (Å²) in [5, 5.41) is 3.11. The Morgan fingerprint density at radius 2 is 1.36 bits per heavy atom. The van der Waals surface area contributed by atoms with Crippen LogP contribution in [0.4, 0.5) is 0 Å².